The number of benzene rings is 2. The number of hydrogen-bond acceptors (Lipinski definition) is 7. The zero-order chi connectivity index (χ0) is 21.2. The quantitative estimate of drug-likeness (QED) is 0.785. The zero-order valence-electron chi connectivity index (χ0n) is 17.9. The Labute approximate surface area is 181 Å². The van der Waals surface area contributed by atoms with Crippen LogP contribution in [0.3, 0.4) is 0 Å². The van der Waals surface area contributed by atoms with Gasteiger partial charge in [0.05, 0.1) is 31.1 Å². The maximum Gasteiger partial charge on any atom is 0.231 e. The first-order valence-corrected chi connectivity index (χ1v) is 10.7. The Morgan fingerprint density at radius 3 is 2.84 bits per heavy atom. The van der Waals surface area contributed by atoms with Crippen molar-refractivity contribution in [2.75, 3.05) is 20.5 Å². The van der Waals surface area contributed by atoms with Crippen molar-refractivity contribution in [2.45, 2.75) is 44.1 Å². The summed E-state index contributed by atoms with van der Waals surface area (Å²) in [4.78, 5) is 0. The summed E-state index contributed by atoms with van der Waals surface area (Å²) in [7, 11) is 1.69. The summed E-state index contributed by atoms with van der Waals surface area (Å²) in [5.74, 6) is 3.12. The van der Waals surface area contributed by atoms with Crippen molar-refractivity contribution in [2.24, 2.45) is 0 Å². The van der Waals surface area contributed by atoms with Crippen LogP contribution in [-0.2, 0) is 4.74 Å². The summed E-state index contributed by atoms with van der Waals surface area (Å²) in [6.07, 6.45) is 3.73. The van der Waals surface area contributed by atoms with E-state index in [1.54, 1.807) is 7.11 Å². The van der Waals surface area contributed by atoms with Gasteiger partial charge in [-0.25, -0.2) is 0 Å². The molecule has 0 amide bonds. The lowest BCUT2D eigenvalue weighted by Crippen LogP contribution is -2.64. The molecule has 0 unspecified atom stereocenters. The molecule has 0 aromatic heterocycles. The molecular weight excluding hydrogens is 396 g/mol. The second-order valence-electron chi connectivity index (χ2n) is 9.04. The highest BCUT2D eigenvalue weighted by molar-refractivity contribution is 5.70. The van der Waals surface area contributed by atoms with Crippen LogP contribution in [0.15, 0.2) is 42.5 Å². The highest BCUT2D eigenvalue weighted by Crippen LogP contribution is 2.53. The topological polar surface area (TPSA) is 61.4 Å². The van der Waals surface area contributed by atoms with Gasteiger partial charge in [0.15, 0.2) is 28.7 Å². The first kappa shape index (κ1) is 18.8. The summed E-state index contributed by atoms with van der Waals surface area (Å²) >= 11 is 0. The summed E-state index contributed by atoms with van der Waals surface area (Å²) in [6, 6.07) is 12.1. The van der Waals surface area contributed by atoms with E-state index < -0.39 is 5.72 Å². The molecule has 2 aromatic carbocycles. The predicted octanol–water partition coefficient (Wildman–Crippen LogP) is 4.00. The van der Waals surface area contributed by atoms with E-state index in [1.165, 1.54) is 0 Å². The molecule has 1 fully saturated rings. The van der Waals surface area contributed by atoms with E-state index in [2.05, 4.69) is 42.5 Å². The third-order valence-electron chi connectivity index (χ3n) is 6.49. The van der Waals surface area contributed by atoms with Gasteiger partial charge in [-0.05, 0) is 44.2 Å². The van der Waals surface area contributed by atoms with E-state index in [4.69, 9.17) is 23.7 Å². The molecule has 0 radical (unpaired) electrons. The molecule has 4 heterocycles. The minimum absolute atomic E-state index is 0.00757. The van der Waals surface area contributed by atoms with E-state index in [0.717, 1.165) is 52.7 Å². The first-order chi connectivity index (χ1) is 15.0. The Morgan fingerprint density at radius 2 is 2.00 bits per heavy atom. The molecular formula is C24H26N2O5. The fourth-order valence-corrected chi connectivity index (χ4v) is 5.14. The Morgan fingerprint density at radius 1 is 1.13 bits per heavy atom. The molecule has 4 aliphatic heterocycles. The molecule has 162 valence electrons. The van der Waals surface area contributed by atoms with Crippen LogP contribution in [0, 0.1) is 0 Å². The lowest BCUT2D eigenvalue weighted by Gasteiger charge is -2.53. The lowest BCUT2D eigenvalue weighted by molar-refractivity contribution is -0.219. The molecule has 7 heteroatoms. The van der Waals surface area contributed by atoms with Crippen LogP contribution in [0.25, 0.3) is 5.70 Å². The van der Waals surface area contributed by atoms with Gasteiger partial charge in [-0.15, -0.1) is 0 Å². The molecule has 4 aliphatic rings. The van der Waals surface area contributed by atoms with E-state index >= 15 is 0 Å². The molecule has 2 atom stereocenters. The summed E-state index contributed by atoms with van der Waals surface area (Å²) in [5, 5.41) is 2.25. The molecule has 1 N–H and O–H groups in total. The number of rotatable bonds is 2. The number of hydrazine groups is 1. The Kier molecular flexibility index (Phi) is 3.98. The highest BCUT2D eigenvalue weighted by atomic mass is 16.7. The number of nitrogens with zero attached hydrogens (tertiary/aromatic N) is 1. The third kappa shape index (κ3) is 2.87. The van der Waals surface area contributed by atoms with Crippen molar-refractivity contribution in [3.8, 4) is 23.0 Å². The number of methoxy groups -OCH3 is 1. The third-order valence-corrected chi connectivity index (χ3v) is 6.49. The van der Waals surface area contributed by atoms with Crippen LogP contribution in [-0.4, -0.2) is 36.8 Å². The van der Waals surface area contributed by atoms with Crippen LogP contribution in [0.4, 0.5) is 0 Å². The SMILES string of the molecule is COc1cccc2c1O[C@@]1(CCOC(C)(C)C1)N1NC(c3ccc4c(c3)OCO4)=C[C@H]21. The van der Waals surface area contributed by atoms with E-state index in [0.29, 0.717) is 6.61 Å². The van der Waals surface area contributed by atoms with Crippen molar-refractivity contribution >= 4 is 5.70 Å². The van der Waals surface area contributed by atoms with E-state index in [1.807, 2.05) is 24.3 Å². The molecule has 1 spiro atoms. The number of fused-ring (bicyclic) bond motifs is 5. The minimum atomic E-state index is -0.553. The molecule has 6 rings (SSSR count). The second-order valence-corrected chi connectivity index (χ2v) is 9.04. The van der Waals surface area contributed by atoms with Gasteiger partial charge >= 0.3 is 0 Å². The van der Waals surface area contributed by atoms with Crippen molar-refractivity contribution in [1.29, 1.82) is 0 Å². The minimum Gasteiger partial charge on any atom is -0.493 e. The normalized spacial score (nSPS) is 27.7. The number of para-hydroxylation sites is 1. The fraction of sp³-hybridized carbons (Fsp3) is 0.417. The van der Waals surface area contributed by atoms with Crippen molar-refractivity contribution in [1.82, 2.24) is 10.4 Å². The number of hydrogen-bond donors (Lipinski definition) is 1. The molecule has 0 bridgehead atoms. The van der Waals surface area contributed by atoms with Crippen LogP contribution in [0.1, 0.15) is 43.9 Å². The van der Waals surface area contributed by atoms with Gasteiger partial charge in [-0.2, -0.15) is 5.01 Å². The van der Waals surface area contributed by atoms with Gasteiger partial charge in [0.2, 0.25) is 6.79 Å². The maximum absolute atomic E-state index is 6.77. The summed E-state index contributed by atoms with van der Waals surface area (Å²) < 4.78 is 29.5. The molecule has 0 saturated carbocycles. The maximum atomic E-state index is 6.77. The van der Waals surface area contributed by atoms with Gasteiger partial charge in [0.25, 0.3) is 0 Å². The van der Waals surface area contributed by atoms with Crippen LogP contribution < -0.4 is 24.4 Å². The molecule has 1 saturated heterocycles. The molecule has 0 aliphatic carbocycles. The van der Waals surface area contributed by atoms with Crippen LogP contribution in [0.2, 0.25) is 0 Å². The van der Waals surface area contributed by atoms with Gasteiger partial charge < -0.3 is 29.1 Å². The molecule has 2 aromatic rings. The Balaban J connectivity index is 1.46. The van der Waals surface area contributed by atoms with Crippen LogP contribution in [0.5, 0.6) is 23.0 Å². The van der Waals surface area contributed by atoms with Crippen molar-refractivity contribution in [3.63, 3.8) is 0 Å². The zero-order valence-corrected chi connectivity index (χ0v) is 17.9. The predicted molar refractivity (Wildman–Crippen MR) is 114 cm³/mol. The largest absolute Gasteiger partial charge is 0.493 e. The average Bonchev–Trinajstić information content (AvgIpc) is 3.40. The van der Waals surface area contributed by atoms with Crippen molar-refractivity contribution < 1.29 is 23.7 Å². The van der Waals surface area contributed by atoms with Gasteiger partial charge in [-0.1, -0.05) is 12.1 Å². The lowest BCUT2D eigenvalue weighted by atomic mass is 9.87. The molecule has 31 heavy (non-hydrogen) atoms. The number of ether oxygens (including phenoxy) is 5. The highest BCUT2D eigenvalue weighted by Gasteiger charge is 2.55. The number of nitrogens with one attached hydrogen (secondary N) is 1. The molecule has 7 nitrogen and oxygen atoms in total. The van der Waals surface area contributed by atoms with Crippen molar-refractivity contribution in [3.05, 3.63) is 53.6 Å². The van der Waals surface area contributed by atoms with Crippen LogP contribution >= 0.6 is 0 Å². The first-order valence-electron chi connectivity index (χ1n) is 10.7. The second kappa shape index (κ2) is 6.55. The van der Waals surface area contributed by atoms with Gasteiger partial charge in [0, 0.05) is 24.0 Å². The van der Waals surface area contributed by atoms with Gasteiger partial charge in [0.1, 0.15) is 0 Å². The summed E-state index contributed by atoms with van der Waals surface area (Å²) in [6.45, 7) is 5.12. The summed E-state index contributed by atoms with van der Waals surface area (Å²) in [5.41, 5.74) is 5.95. The standard InChI is InChI=1S/C24H26N2O5/c1-23(2)13-24(9-10-30-23)26-18(16-5-4-6-20(27-3)22(16)31-24)12-17(25-26)15-7-8-19-21(11-15)29-14-28-19/h4-8,11-12,18,25H,9-10,13-14H2,1-3H3/t18-,24-/m1/s1. The average molecular weight is 422 g/mol. The van der Waals surface area contributed by atoms with Gasteiger partial charge in [-0.3, -0.25) is 0 Å². The Hall–Kier alpha value is -2.90. The van der Waals surface area contributed by atoms with E-state index in [9.17, 15) is 0 Å². The monoisotopic (exact) mass is 422 g/mol. The Bertz CT molecular complexity index is 1080. The smallest absolute Gasteiger partial charge is 0.231 e. The fourth-order valence-electron chi connectivity index (χ4n) is 5.14. The van der Waals surface area contributed by atoms with E-state index in [-0.39, 0.29) is 18.4 Å².